The third-order valence-corrected chi connectivity index (χ3v) is 6.42. The largest absolute Gasteiger partial charge is 0.488 e. The average Bonchev–Trinajstić information content (AvgIpc) is 2.87. The van der Waals surface area contributed by atoms with Crippen molar-refractivity contribution in [1.82, 2.24) is 20.7 Å². The van der Waals surface area contributed by atoms with Crippen molar-refractivity contribution in [2.45, 2.75) is 38.3 Å². The van der Waals surface area contributed by atoms with Gasteiger partial charge in [0.2, 0.25) is 5.91 Å². The zero-order valence-electron chi connectivity index (χ0n) is 20.3. The van der Waals surface area contributed by atoms with E-state index in [1.54, 1.807) is 23.7 Å². The first-order chi connectivity index (χ1) is 17.4. The number of nitrogens with one attached hydrogen (secondary N) is 2. The van der Waals surface area contributed by atoms with Crippen LogP contribution < -0.4 is 15.5 Å². The molecular formula is C28H30N4O4. The zero-order valence-corrected chi connectivity index (χ0v) is 20.3. The predicted octanol–water partition coefficient (Wildman–Crippen LogP) is 3.22. The number of benzene rings is 2. The quantitative estimate of drug-likeness (QED) is 0.257. The van der Waals surface area contributed by atoms with Crippen LogP contribution in [0, 0.1) is 19.3 Å². The summed E-state index contributed by atoms with van der Waals surface area (Å²) in [5, 5.41) is 13.2. The minimum absolute atomic E-state index is 0.0678. The van der Waals surface area contributed by atoms with Crippen molar-refractivity contribution in [2.24, 2.45) is 0 Å². The van der Waals surface area contributed by atoms with Crippen molar-refractivity contribution >= 4 is 22.7 Å². The normalized spacial score (nSPS) is 17.8. The fourth-order valence-electron chi connectivity index (χ4n) is 4.89. The maximum absolute atomic E-state index is 13.5. The maximum Gasteiger partial charge on any atom is 0.255 e. The molecule has 0 radical (unpaired) electrons. The number of carbonyl (C=O) groups is 2. The van der Waals surface area contributed by atoms with Gasteiger partial charge >= 0.3 is 0 Å². The molecule has 1 unspecified atom stereocenters. The van der Waals surface area contributed by atoms with Crippen LogP contribution >= 0.6 is 0 Å². The number of para-hydroxylation sites is 2. The van der Waals surface area contributed by atoms with Crippen molar-refractivity contribution in [3.8, 4) is 18.1 Å². The van der Waals surface area contributed by atoms with E-state index in [0.29, 0.717) is 30.8 Å². The molecule has 3 N–H and O–H groups in total. The summed E-state index contributed by atoms with van der Waals surface area (Å²) in [5.41, 5.74) is 3.93. The van der Waals surface area contributed by atoms with E-state index in [-0.39, 0.29) is 18.9 Å². The number of terminal acetylenes is 1. The number of carbonyl (C=O) groups excluding carboxylic acids is 2. The molecule has 2 heterocycles. The molecule has 0 spiro atoms. The summed E-state index contributed by atoms with van der Waals surface area (Å²) in [6.45, 7) is 3.80. The Hall–Kier alpha value is -3.93. The van der Waals surface area contributed by atoms with Gasteiger partial charge in [0.05, 0.1) is 29.6 Å². The number of aryl methyl sites for hydroxylation is 1. The topological polar surface area (TPSA) is 104 Å². The van der Waals surface area contributed by atoms with Crippen LogP contribution in [0.4, 0.5) is 0 Å². The van der Waals surface area contributed by atoms with E-state index in [9.17, 15) is 9.59 Å². The van der Waals surface area contributed by atoms with Gasteiger partial charge in [0.25, 0.3) is 5.91 Å². The van der Waals surface area contributed by atoms with Crippen molar-refractivity contribution in [3.63, 3.8) is 0 Å². The van der Waals surface area contributed by atoms with Crippen LogP contribution in [0.2, 0.25) is 0 Å². The lowest BCUT2D eigenvalue weighted by Crippen LogP contribution is -2.60. The molecule has 4 rings (SSSR count). The number of hydrogen-bond donors (Lipinski definition) is 3. The number of piperidine rings is 1. The van der Waals surface area contributed by atoms with Crippen molar-refractivity contribution < 1.29 is 19.5 Å². The van der Waals surface area contributed by atoms with Gasteiger partial charge in [-0.25, -0.2) is 5.48 Å². The van der Waals surface area contributed by atoms with Crippen molar-refractivity contribution in [3.05, 3.63) is 71.4 Å². The molecule has 186 valence electrons. The monoisotopic (exact) mass is 486 g/mol. The van der Waals surface area contributed by atoms with E-state index in [4.69, 9.17) is 16.4 Å². The third kappa shape index (κ3) is 5.82. The molecule has 0 aliphatic carbocycles. The van der Waals surface area contributed by atoms with Gasteiger partial charge in [-0.1, -0.05) is 36.3 Å². The Morgan fingerprint density at radius 2 is 2.00 bits per heavy atom. The van der Waals surface area contributed by atoms with E-state index >= 15 is 0 Å². The van der Waals surface area contributed by atoms with E-state index in [0.717, 1.165) is 35.1 Å². The second kappa shape index (κ2) is 11.2. The fraction of sp³-hybridized carbons (Fsp3) is 0.321. The van der Waals surface area contributed by atoms with Crippen LogP contribution in [-0.2, 0) is 11.4 Å². The lowest BCUT2D eigenvalue weighted by atomic mass is 9.85. The molecule has 1 atom stereocenters. The Kier molecular flexibility index (Phi) is 7.84. The number of amides is 2. The standard InChI is InChI=1S/C28H30N4O4/c1-3-14-32-15-8-13-28(19-32,17-26(33)31-35)30-27(34)23-10-5-7-12-25(23)36-18-21-16-20(2)29-24-11-6-4-9-22(21)24/h1,4-7,9-12,16,35H,8,13-15,17-19H2,2H3,(H,30,34)(H,31,33). The number of rotatable bonds is 8. The summed E-state index contributed by atoms with van der Waals surface area (Å²) in [7, 11) is 0. The van der Waals surface area contributed by atoms with Gasteiger partial charge in [-0.2, -0.15) is 0 Å². The molecule has 0 saturated carbocycles. The van der Waals surface area contributed by atoms with Gasteiger partial charge in [-0.3, -0.25) is 24.7 Å². The summed E-state index contributed by atoms with van der Waals surface area (Å²) < 4.78 is 6.15. The van der Waals surface area contributed by atoms with Gasteiger partial charge in [0.15, 0.2) is 0 Å². The van der Waals surface area contributed by atoms with E-state index in [2.05, 4.69) is 16.2 Å². The third-order valence-electron chi connectivity index (χ3n) is 6.42. The number of hydroxylamine groups is 1. The van der Waals surface area contributed by atoms with Crippen LogP contribution in [0.1, 0.15) is 40.9 Å². The highest BCUT2D eigenvalue weighted by Crippen LogP contribution is 2.28. The van der Waals surface area contributed by atoms with Crippen LogP contribution in [0.15, 0.2) is 54.6 Å². The second-order valence-electron chi connectivity index (χ2n) is 9.19. The highest BCUT2D eigenvalue weighted by Gasteiger charge is 2.39. The number of ether oxygens (including phenoxy) is 1. The Bertz CT molecular complexity index is 1300. The second-order valence-corrected chi connectivity index (χ2v) is 9.19. The fourth-order valence-corrected chi connectivity index (χ4v) is 4.89. The smallest absolute Gasteiger partial charge is 0.255 e. The predicted molar refractivity (Wildman–Crippen MR) is 137 cm³/mol. The van der Waals surface area contributed by atoms with E-state index in [1.807, 2.05) is 48.2 Å². The van der Waals surface area contributed by atoms with Crippen LogP contribution in [0.3, 0.4) is 0 Å². The lowest BCUT2D eigenvalue weighted by Gasteiger charge is -2.42. The highest BCUT2D eigenvalue weighted by molar-refractivity contribution is 5.97. The van der Waals surface area contributed by atoms with Gasteiger partial charge in [0.1, 0.15) is 12.4 Å². The van der Waals surface area contributed by atoms with E-state index < -0.39 is 11.4 Å². The van der Waals surface area contributed by atoms with Gasteiger partial charge < -0.3 is 10.1 Å². The van der Waals surface area contributed by atoms with E-state index in [1.165, 1.54) is 0 Å². The summed E-state index contributed by atoms with van der Waals surface area (Å²) in [5.74, 6) is 2.14. The number of aromatic nitrogens is 1. The molecule has 1 saturated heterocycles. The van der Waals surface area contributed by atoms with Crippen LogP contribution in [0.25, 0.3) is 10.9 Å². The maximum atomic E-state index is 13.5. The summed E-state index contributed by atoms with van der Waals surface area (Å²) >= 11 is 0. The average molecular weight is 487 g/mol. The molecule has 1 aromatic heterocycles. The summed E-state index contributed by atoms with van der Waals surface area (Å²) in [6.07, 6.45) is 6.77. The minimum Gasteiger partial charge on any atom is -0.488 e. The van der Waals surface area contributed by atoms with Crippen molar-refractivity contribution in [2.75, 3.05) is 19.6 Å². The molecule has 8 heteroatoms. The number of fused-ring (bicyclic) bond motifs is 1. The summed E-state index contributed by atoms with van der Waals surface area (Å²) in [4.78, 5) is 32.2. The molecule has 2 amide bonds. The van der Waals surface area contributed by atoms with Crippen LogP contribution in [-0.4, -0.2) is 52.1 Å². The first-order valence-electron chi connectivity index (χ1n) is 11.9. The van der Waals surface area contributed by atoms with Gasteiger partial charge in [0, 0.05) is 23.2 Å². The molecule has 3 aromatic rings. The Balaban J connectivity index is 1.56. The number of hydrogen-bond acceptors (Lipinski definition) is 6. The lowest BCUT2D eigenvalue weighted by molar-refractivity contribution is -0.131. The molecule has 1 aliphatic heterocycles. The molecule has 0 bridgehead atoms. The molecule has 1 aliphatic rings. The first-order valence-corrected chi connectivity index (χ1v) is 11.9. The van der Waals surface area contributed by atoms with Crippen LogP contribution in [0.5, 0.6) is 5.75 Å². The highest BCUT2D eigenvalue weighted by atomic mass is 16.5. The molecule has 1 fully saturated rings. The Morgan fingerprint density at radius 3 is 2.81 bits per heavy atom. The number of nitrogens with zero attached hydrogens (tertiary/aromatic N) is 2. The molecule has 36 heavy (non-hydrogen) atoms. The molecule has 2 aromatic carbocycles. The van der Waals surface area contributed by atoms with Crippen molar-refractivity contribution in [1.29, 1.82) is 0 Å². The zero-order chi connectivity index (χ0) is 25.5. The minimum atomic E-state index is -0.871. The number of likely N-dealkylation sites (tertiary alicyclic amines) is 1. The molecule has 8 nitrogen and oxygen atoms in total. The Labute approximate surface area is 210 Å². The molecular weight excluding hydrogens is 456 g/mol. The SMILES string of the molecule is C#CCN1CCCC(CC(=O)NO)(NC(=O)c2ccccc2OCc2cc(C)nc3ccccc23)C1. The summed E-state index contributed by atoms with van der Waals surface area (Å²) in [6, 6.07) is 16.9. The number of pyridine rings is 1. The first kappa shape index (κ1) is 25.2. The Morgan fingerprint density at radius 1 is 1.22 bits per heavy atom. The van der Waals surface area contributed by atoms with Gasteiger partial charge in [-0.15, -0.1) is 6.42 Å². The van der Waals surface area contributed by atoms with Gasteiger partial charge in [-0.05, 0) is 50.6 Å².